The highest BCUT2D eigenvalue weighted by molar-refractivity contribution is 7.85. The Kier molecular flexibility index (Phi) is 6.37. The Bertz CT molecular complexity index is 1290. The third-order valence-corrected chi connectivity index (χ3v) is 6.58. The van der Waals surface area contributed by atoms with Gasteiger partial charge in [0.25, 0.3) is 16.0 Å². The van der Waals surface area contributed by atoms with E-state index in [1.54, 1.807) is 29.2 Å². The minimum absolute atomic E-state index is 0.143. The molecule has 0 spiro atoms. The molecule has 3 aromatic carbocycles. The summed E-state index contributed by atoms with van der Waals surface area (Å²) in [5.41, 5.74) is 1.29. The van der Waals surface area contributed by atoms with Gasteiger partial charge in [0.1, 0.15) is 0 Å². The molecule has 1 amide bonds. The SMILES string of the molecule is O=C(c1cc(S(=O)(=O)O)ccc1-c1ccccc1)N1CCN(c2ccc(C(F)(F)F)cc2)CC1. The lowest BCUT2D eigenvalue weighted by Crippen LogP contribution is -2.49. The molecule has 6 nitrogen and oxygen atoms in total. The average Bonchev–Trinajstić information content (AvgIpc) is 2.83. The molecule has 1 saturated heterocycles. The van der Waals surface area contributed by atoms with E-state index in [0.29, 0.717) is 37.4 Å². The Labute approximate surface area is 195 Å². The molecule has 0 unspecified atom stereocenters. The van der Waals surface area contributed by atoms with Crippen LogP contribution in [0.5, 0.6) is 0 Å². The average molecular weight is 491 g/mol. The van der Waals surface area contributed by atoms with Crippen molar-refractivity contribution in [1.82, 2.24) is 4.90 Å². The summed E-state index contributed by atoms with van der Waals surface area (Å²) in [6, 6.07) is 17.8. The van der Waals surface area contributed by atoms with E-state index in [1.165, 1.54) is 30.3 Å². The molecule has 0 aliphatic carbocycles. The van der Waals surface area contributed by atoms with E-state index < -0.39 is 27.8 Å². The zero-order valence-electron chi connectivity index (χ0n) is 17.9. The molecule has 0 bridgehead atoms. The van der Waals surface area contributed by atoms with Crippen molar-refractivity contribution < 1.29 is 30.9 Å². The van der Waals surface area contributed by atoms with Crippen molar-refractivity contribution in [3.63, 3.8) is 0 Å². The number of carbonyl (C=O) groups is 1. The summed E-state index contributed by atoms with van der Waals surface area (Å²) in [4.78, 5) is 16.5. The molecule has 0 aromatic heterocycles. The van der Waals surface area contributed by atoms with Crippen LogP contribution >= 0.6 is 0 Å². The highest BCUT2D eigenvalue weighted by atomic mass is 32.2. The van der Waals surface area contributed by atoms with E-state index in [9.17, 15) is 30.9 Å². The number of hydrogen-bond donors (Lipinski definition) is 1. The van der Waals surface area contributed by atoms with E-state index in [-0.39, 0.29) is 10.5 Å². The molecular formula is C24H21F3N2O4S. The molecule has 1 aliphatic heterocycles. The normalized spacial score (nSPS) is 14.8. The Morgan fingerprint density at radius 1 is 0.853 bits per heavy atom. The lowest BCUT2D eigenvalue weighted by molar-refractivity contribution is -0.137. The third kappa shape index (κ3) is 5.07. The first-order valence-electron chi connectivity index (χ1n) is 10.4. The summed E-state index contributed by atoms with van der Waals surface area (Å²) in [6.45, 7) is 1.39. The zero-order valence-corrected chi connectivity index (χ0v) is 18.7. The first-order chi connectivity index (χ1) is 16.0. The van der Waals surface area contributed by atoms with E-state index in [2.05, 4.69) is 0 Å². The largest absolute Gasteiger partial charge is 0.416 e. The summed E-state index contributed by atoms with van der Waals surface area (Å²) < 4.78 is 71.2. The second-order valence-corrected chi connectivity index (χ2v) is 9.29. The molecule has 1 aliphatic rings. The van der Waals surface area contributed by atoms with Crippen molar-refractivity contribution in [3.05, 3.63) is 83.9 Å². The molecular weight excluding hydrogens is 469 g/mol. The fourth-order valence-corrected chi connectivity index (χ4v) is 4.44. The smallest absolute Gasteiger partial charge is 0.368 e. The van der Waals surface area contributed by atoms with Crippen LogP contribution in [0.2, 0.25) is 0 Å². The topological polar surface area (TPSA) is 77.9 Å². The maximum atomic E-state index is 13.4. The van der Waals surface area contributed by atoms with Gasteiger partial charge in [0, 0.05) is 37.4 Å². The summed E-state index contributed by atoms with van der Waals surface area (Å²) >= 11 is 0. The van der Waals surface area contributed by atoms with E-state index >= 15 is 0 Å². The van der Waals surface area contributed by atoms with Gasteiger partial charge in [0.2, 0.25) is 0 Å². The number of hydrogen-bond acceptors (Lipinski definition) is 4. The van der Waals surface area contributed by atoms with Crippen LogP contribution in [0.25, 0.3) is 11.1 Å². The number of rotatable bonds is 4. The Balaban J connectivity index is 1.56. The van der Waals surface area contributed by atoms with Gasteiger partial charge in [-0.1, -0.05) is 36.4 Å². The van der Waals surface area contributed by atoms with Gasteiger partial charge in [-0.05, 0) is 47.5 Å². The highest BCUT2D eigenvalue weighted by Crippen LogP contribution is 2.31. The van der Waals surface area contributed by atoms with Crippen LogP contribution in [0.4, 0.5) is 18.9 Å². The summed E-state index contributed by atoms with van der Waals surface area (Å²) in [5, 5.41) is 0. The van der Waals surface area contributed by atoms with Crippen molar-refractivity contribution in [1.29, 1.82) is 0 Å². The van der Waals surface area contributed by atoms with Gasteiger partial charge < -0.3 is 9.80 Å². The number of anilines is 1. The number of amides is 1. The van der Waals surface area contributed by atoms with Crippen molar-refractivity contribution in [3.8, 4) is 11.1 Å². The molecule has 4 rings (SSSR count). The molecule has 178 valence electrons. The number of carbonyl (C=O) groups excluding carboxylic acids is 1. The minimum Gasteiger partial charge on any atom is -0.368 e. The molecule has 0 radical (unpaired) electrons. The van der Waals surface area contributed by atoms with Crippen molar-refractivity contribution in [2.45, 2.75) is 11.1 Å². The van der Waals surface area contributed by atoms with Crippen LogP contribution in [0.3, 0.4) is 0 Å². The minimum atomic E-state index is -4.51. The molecule has 34 heavy (non-hydrogen) atoms. The van der Waals surface area contributed by atoms with Gasteiger partial charge >= 0.3 is 6.18 Å². The predicted octanol–water partition coefficient (Wildman–Crippen LogP) is 4.58. The first-order valence-corrected chi connectivity index (χ1v) is 11.9. The second-order valence-electron chi connectivity index (χ2n) is 7.87. The van der Waals surface area contributed by atoms with E-state index in [0.717, 1.165) is 17.7 Å². The van der Waals surface area contributed by atoms with Crippen LogP contribution in [-0.2, 0) is 16.3 Å². The number of halogens is 3. The Morgan fingerprint density at radius 3 is 2.03 bits per heavy atom. The summed E-state index contributed by atoms with van der Waals surface area (Å²) in [6.07, 6.45) is -4.41. The van der Waals surface area contributed by atoms with Gasteiger partial charge in [-0.15, -0.1) is 0 Å². The maximum absolute atomic E-state index is 13.4. The number of benzene rings is 3. The molecule has 1 heterocycles. The molecule has 10 heteroatoms. The fraction of sp³-hybridized carbons (Fsp3) is 0.208. The van der Waals surface area contributed by atoms with Crippen molar-refractivity contribution in [2.75, 3.05) is 31.1 Å². The van der Waals surface area contributed by atoms with Gasteiger partial charge in [-0.2, -0.15) is 21.6 Å². The van der Waals surface area contributed by atoms with Gasteiger partial charge in [-0.3, -0.25) is 9.35 Å². The highest BCUT2D eigenvalue weighted by Gasteiger charge is 2.31. The lowest BCUT2D eigenvalue weighted by Gasteiger charge is -2.36. The molecule has 1 N–H and O–H groups in total. The standard InChI is InChI=1S/C24H21F3N2O4S/c25-24(26,27)18-6-8-19(9-7-18)28-12-14-29(15-13-28)23(30)22-16-20(34(31,32)33)10-11-21(22)17-4-2-1-3-5-17/h1-11,16H,12-15H2,(H,31,32,33). The van der Waals surface area contributed by atoms with Crippen LogP contribution < -0.4 is 4.90 Å². The summed E-state index contributed by atoms with van der Waals surface area (Å²) in [5.74, 6) is -0.392. The number of nitrogens with zero attached hydrogens (tertiary/aromatic N) is 2. The maximum Gasteiger partial charge on any atom is 0.416 e. The number of piperazine rings is 1. The van der Waals surface area contributed by atoms with Crippen LogP contribution in [0.15, 0.2) is 77.7 Å². The van der Waals surface area contributed by atoms with E-state index in [1.807, 2.05) is 11.0 Å². The first kappa shape index (κ1) is 23.8. The van der Waals surface area contributed by atoms with Gasteiger partial charge in [0.05, 0.1) is 10.5 Å². The molecule has 0 saturated carbocycles. The fourth-order valence-electron chi connectivity index (χ4n) is 3.93. The van der Waals surface area contributed by atoms with Crippen molar-refractivity contribution in [2.24, 2.45) is 0 Å². The van der Waals surface area contributed by atoms with Crippen LogP contribution in [0.1, 0.15) is 15.9 Å². The molecule has 1 fully saturated rings. The Morgan fingerprint density at radius 2 is 1.47 bits per heavy atom. The molecule has 3 aromatic rings. The quantitative estimate of drug-likeness (QED) is 0.542. The lowest BCUT2D eigenvalue weighted by atomic mass is 9.98. The van der Waals surface area contributed by atoms with Gasteiger partial charge in [0.15, 0.2) is 0 Å². The van der Waals surface area contributed by atoms with Crippen LogP contribution in [0, 0.1) is 0 Å². The summed E-state index contributed by atoms with van der Waals surface area (Å²) in [7, 11) is -4.51. The Hall–Kier alpha value is -3.37. The zero-order chi connectivity index (χ0) is 24.5. The predicted molar refractivity (Wildman–Crippen MR) is 121 cm³/mol. The van der Waals surface area contributed by atoms with Crippen molar-refractivity contribution >= 4 is 21.7 Å². The van der Waals surface area contributed by atoms with Crippen LogP contribution in [-0.4, -0.2) is 50.0 Å². The third-order valence-electron chi connectivity index (χ3n) is 5.73. The van der Waals surface area contributed by atoms with E-state index in [4.69, 9.17) is 0 Å². The second kappa shape index (κ2) is 9.11. The molecule has 0 atom stereocenters. The number of alkyl halides is 3. The monoisotopic (exact) mass is 490 g/mol. The van der Waals surface area contributed by atoms with Gasteiger partial charge in [-0.25, -0.2) is 0 Å².